The van der Waals surface area contributed by atoms with Crippen molar-refractivity contribution in [2.45, 2.75) is 56.5 Å². The summed E-state index contributed by atoms with van der Waals surface area (Å²) >= 11 is 4.07. The number of rotatable bonds is 11. The minimum atomic E-state index is -0.426. The summed E-state index contributed by atoms with van der Waals surface area (Å²) in [5, 5.41) is 10.9. The minimum absolute atomic E-state index is 0.270. The number of allylic oxidation sites excluding steroid dienone is 3. The van der Waals surface area contributed by atoms with E-state index in [9.17, 15) is 9.50 Å². The summed E-state index contributed by atoms with van der Waals surface area (Å²) in [5.74, 6) is 0.710. The van der Waals surface area contributed by atoms with Gasteiger partial charge in [0.1, 0.15) is 0 Å². The van der Waals surface area contributed by atoms with E-state index in [1.165, 1.54) is 0 Å². The molecule has 1 aromatic rings. The van der Waals surface area contributed by atoms with E-state index in [-0.39, 0.29) is 12.6 Å². The highest BCUT2D eigenvalue weighted by Gasteiger charge is 2.25. The first-order valence-corrected chi connectivity index (χ1v) is 10.8. The van der Waals surface area contributed by atoms with Crippen LogP contribution in [0.2, 0.25) is 0 Å². The van der Waals surface area contributed by atoms with Crippen LogP contribution in [0, 0.1) is 11.8 Å². The van der Waals surface area contributed by atoms with Crippen molar-refractivity contribution in [3.8, 4) is 0 Å². The normalized spacial score (nSPS) is 16.2. The first kappa shape index (κ1) is 21.8. The monoisotopic (exact) mass is 464 g/mol. The molecule has 1 heterocycles. The van der Waals surface area contributed by atoms with Crippen molar-refractivity contribution in [1.29, 1.82) is 0 Å². The lowest BCUT2D eigenvalue weighted by molar-refractivity contribution is 0.0776. The Morgan fingerprint density at radius 1 is 1.33 bits per heavy atom. The van der Waals surface area contributed by atoms with Gasteiger partial charge in [-0.15, -0.1) is 11.3 Å². The zero-order valence-electron chi connectivity index (χ0n) is 15.0. The summed E-state index contributed by atoms with van der Waals surface area (Å²) in [6.07, 6.45) is 6.67. The molecule has 0 fully saturated rings. The predicted octanol–water partition coefficient (Wildman–Crippen LogP) is 6.98. The van der Waals surface area contributed by atoms with Gasteiger partial charge >= 0.3 is 0 Å². The first-order valence-electron chi connectivity index (χ1n) is 8.70. The highest BCUT2D eigenvalue weighted by molar-refractivity contribution is 14.1. The molecule has 0 saturated carbocycles. The quantitative estimate of drug-likeness (QED) is 0.213. The molecule has 1 rings (SSSR count). The van der Waals surface area contributed by atoms with E-state index in [2.05, 4.69) is 56.0 Å². The van der Waals surface area contributed by atoms with Crippen LogP contribution in [0.15, 0.2) is 30.9 Å². The van der Waals surface area contributed by atoms with Gasteiger partial charge in [0.25, 0.3) is 0 Å². The summed E-state index contributed by atoms with van der Waals surface area (Å²) in [5.41, 5.74) is 1.10. The van der Waals surface area contributed by atoms with Crippen LogP contribution in [0.4, 0.5) is 4.39 Å². The maximum atomic E-state index is 12.5. The molecule has 0 saturated heterocycles. The van der Waals surface area contributed by atoms with Crippen molar-refractivity contribution in [3.05, 3.63) is 40.6 Å². The third kappa shape index (κ3) is 6.96. The molecule has 0 aliphatic rings. The van der Waals surface area contributed by atoms with Gasteiger partial charge in [-0.1, -0.05) is 62.1 Å². The van der Waals surface area contributed by atoms with Crippen molar-refractivity contribution in [2.24, 2.45) is 11.8 Å². The maximum absolute atomic E-state index is 12.5. The van der Waals surface area contributed by atoms with Gasteiger partial charge in [-0.25, -0.2) is 0 Å². The molecule has 0 bridgehead atoms. The molecule has 136 valence electrons. The van der Waals surface area contributed by atoms with Crippen LogP contribution in [0.1, 0.15) is 62.3 Å². The summed E-state index contributed by atoms with van der Waals surface area (Å²) in [6, 6.07) is 4.08. The molecule has 1 N–H and O–H groups in total. The SMILES string of the molecule is C=C/C=C(\CCCF)c1ccc(C(O)C(CCC(C)I)C(C)C)s1. The third-order valence-corrected chi connectivity index (χ3v) is 6.15. The van der Waals surface area contributed by atoms with Gasteiger partial charge in [0.15, 0.2) is 0 Å². The standard InChI is InChI=1S/C20H30FIOS/c1-5-7-16(8-6-13-21)18-11-12-19(24-18)20(23)17(14(2)3)10-9-15(4)22/h5,7,11-12,14-15,17,20,23H,1,6,8-10,13H2,2-4H3/b16-7+. The zero-order valence-corrected chi connectivity index (χ0v) is 17.9. The Morgan fingerprint density at radius 2 is 2.04 bits per heavy atom. The Hall–Kier alpha value is -0.200. The summed E-state index contributed by atoms with van der Waals surface area (Å²) in [7, 11) is 0. The van der Waals surface area contributed by atoms with E-state index < -0.39 is 6.10 Å². The average Bonchev–Trinajstić information content (AvgIpc) is 3.00. The van der Waals surface area contributed by atoms with Crippen LogP contribution in [0.5, 0.6) is 0 Å². The van der Waals surface area contributed by atoms with Crippen LogP contribution in [0.3, 0.4) is 0 Å². The van der Waals surface area contributed by atoms with E-state index >= 15 is 0 Å². The number of aliphatic hydroxyl groups excluding tert-OH is 1. The third-order valence-electron chi connectivity index (χ3n) is 4.29. The van der Waals surface area contributed by atoms with Gasteiger partial charge in [0, 0.05) is 13.7 Å². The average molecular weight is 464 g/mol. The molecule has 24 heavy (non-hydrogen) atoms. The molecular formula is C20H30FIOS. The smallest absolute Gasteiger partial charge is 0.0912 e. The highest BCUT2D eigenvalue weighted by atomic mass is 127. The van der Waals surface area contributed by atoms with Crippen molar-refractivity contribution in [2.75, 3.05) is 6.67 Å². The van der Waals surface area contributed by atoms with E-state index in [1.807, 2.05) is 12.1 Å². The van der Waals surface area contributed by atoms with Gasteiger partial charge in [0.05, 0.1) is 12.8 Å². The number of hydrogen-bond donors (Lipinski definition) is 1. The van der Waals surface area contributed by atoms with E-state index in [1.54, 1.807) is 17.4 Å². The summed E-state index contributed by atoms with van der Waals surface area (Å²) in [4.78, 5) is 2.13. The van der Waals surface area contributed by atoms with Crippen molar-refractivity contribution in [1.82, 2.24) is 0 Å². The van der Waals surface area contributed by atoms with Gasteiger partial charge in [0.2, 0.25) is 0 Å². The fraction of sp³-hybridized carbons (Fsp3) is 0.600. The lowest BCUT2D eigenvalue weighted by Gasteiger charge is -2.26. The Kier molecular flexibility index (Phi) is 10.4. The Bertz CT molecular complexity index is 521. The van der Waals surface area contributed by atoms with Crippen LogP contribution in [-0.2, 0) is 0 Å². The van der Waals surface area contributed by atoms with Crippen molar-refractivity contribution < 1.29 is 9.50 Å². The molecule has 0 spiro atoms. The topological polar surface area (TPSA) is 20.2 Å². The second kappa shape index (κ2) is 11.4. The lowest BCUT2D eigenvalue weighted by atomic mass is 9.85. The molecule has 4 heteroatoms. The second-order valence-corrected chi connectivity index (χ2v) is 9.87. The molecule has 0 aromatic carbocycles. The second-order valence-electron chi connectivity index (χ2n) is 6.63. The number of alkyl halides is 2. The maximum Gasteiger partial charge on any atom is 0.0912 e. The summed E-state index contributed by atoms with van der Waals surface area (Å²) in [6.45, 7) is 10.0. The molecule has 0 radical (unpaired) electrons. The predicted molar refractivity (Wildman–Crippen MR) is 114 cm³/mol. The van der Waals surface area contributed by atoms with Gasteiger partial charge < -0.3 is 5.11 Å². The first-order chi connectivity index (χ1) is 11.4. The number of hydrogen-bond acceptors (Lipinski definition) is 2. The number of halogens is 2. The van der Waals surface area contributed by atoms with Crippen LogP contribution in [0.25, 0.3) is 5.57 Å². The minimum Gasteiger partial charge on any atom is -0.387 e. The molecule has 0 aliphatic carbocycles. The fourth-order valence-electron chi connectivity index (χ4n) is 2.86. The van der Waals surface area contributed by atoms with Crippen molar-refractivity contribution >= 4 is 39.5 Å². The molecular weight excluding hydrogens is 434 g/mol. The Balaban J connectivity index is 2.91. The van der Waals surface area contributed by atoms with Crippen molar-refractivity contribution in [3.63, 3.8) is 0 Å². The molecule has 1 nitrogen and oxygen atoms in total. The van der Waals surface area contributed by atoms with E-state index in [0.717, 1.165) is 28.2 Å². The number of thiophene rings is 1. The Morgan fingerprint density at radius 3 is 2.58 bits per heavy atom. The Labute approximate surface area is 164 Å². The van der Waals surface area contributed by atoms with Crippen LogP contribution >= 0.6 is 33.9 Å². The molecule has 0 aliphatic heterocycles. The zero-order chi connectivity index (χ0) is 18.1. The fourth-order valence-corrected chi connectivity index (χ4v) is 4.34. The molecule has 0 amide bonds. The van der Waals surface area contributed by atoms with Gasteiger partial charge in [-0.05, 0) is 55.2 Å². The molecule has 1 aromatic heterocycles. The lowest BCUT2D eigenvalue weighted by Crippen LogP contribution is -2.18. The van der Waals surface area contributed by atoms with Crippen LogP contribution < -0.4 is 0 Å². The molecule has 3 unspecified atom stereocenters. The molecule has 3 atom stereocenters. The van der Waals surface area contributed by atoms with E-state index in [4.69, 9.17) is 0 Å². The van der Waals surface area contributed by atoms with Gasteiger partial charge in [-0.2, -0.15) is 0 Å². The van der Waals surface area contributed by atoms with Crippen LogP contribution in [-0.4, -0.2) is 15.7 Å². The highest BCUT2D eigenvalue weighted by Crippen LogP contribution is 2.38. The number of aliphatic hydroxyl groups is 1. The summed E-state index contributed by atoms with van der Waals surface area (Å²) < 4.78 is 13.1. The van der Waals surface area contributed by atoms with Gasteiger partial charge in [-0.3, -0.25) is 4.39 Å². The largest absolute Gasteiger partial charge is 0.387 e. The van der Waals surface area contributed by atoms with E-state index in [0.29, 0.717) is 22.7 Å².